The topological polar surface area (TPSA) is 48.3 Å². The Bertz CT molecular complexity index is 1000. The van der Waals surface area contributed by atoms with Crippen molar-refractivity contribution in [2.24, 2.45) is 16.1 Å². The molecule has 0 saturated carbocycles. The van der Waals surface area contributed by atoms with Gasteiger partial charge in [-0.05, 0) is 29.5 Å². The molecule has 33 heavy (non-hydrogen) atoms. The summed E-state index contributed by atoms with van der Waals surface area (Å²) in [5.41, 5.74) is 1.72. The summed E-state index contributed by atoms with van der Waals surface area (Å²) in [6.45, 7) is 5.84. The van der Waals surface area contributed by atoms with Crippen molar-refractivity contribution < 1.29 is 18.0 Å². The van der Waals surface area contributed by atoms with Gasteiger partial charge in [0.1, 0.15) is 5.71 Å². The molecule has 0 radical (unpaired) electrons. The van der Waals surface area contributed by atoms with Crippen LogP contribution in [0, 0.1) is 5.92 Å². The quantitative estimate of drug-likeness (QED) is 0.513. The van der Waals surface area contributed by atoms with Crippen LogP contribution in [0.15, 0.2) is 64.8 Å². The van der Waals surface area contributed by atoms with E-state index in [-0.39, 0.29) is 18.2 Å². The second kappa shape index (κ2) is 11.0. The third-order valence-electron chi connectivity index (χ3n) is 5.37. The molecule has 2 aromatic carbocycles. The van der Waals surface area contributed by atoms with Gasteiger partial charge in [0, 0.05) is 25.2 Å². The van der Waals surface area contributed by atoms with E-state index in [1.807, 2.05) is 62.6 Å². The number of hydrogen-bond donors (Lipinski definition) is 0. The molecule has 2 aromatic rings. The highest BCUT2D eigenvalue weighted by molar-refractivity contribution is 7.96. The van der Waals surface area contributed by atoms with Crippen LogP contribution in [0.3, 0.4) is 0 Å². The van der Waals surface area contributed by atoms with Gasteiger partial charge >= 0.3 is 6.18 Å². The van der Waals surface area contributed by atoms with Crippen molar-refractivity contribution in [1.82, 2.24) is 4.31 Å². The Morgan fingerprint density at radius 2 is 1.70 bits per heavy atom. The zero-order chi connectivity index (χ0) is 24.0. The third kappa shape index (κ3) is 6.03. The van der Waals surface area contributed by atoms with Gasteiger partial charge in [0.15, 0.2) is 0 Å². The first-order chi connectivity index (χ1) is 15.8. The molecular weight excluding hydrogens is 449 g/mol. The molecule has 2 aliphatic rings. The predicted molar refractivity (Wildman–Crippen MR) is 129 cm³/mol. The number of carbonyl (C=O) groups excluding carboxylic acids is 1. The molecule has 5 nitrogen and oxygen atoms in total. The van der Waals surface area contributed by atoms with Gasteiger partial charge in [0.05, 0.1) is 18.2 Å². The van der Waals surface area contributed by atoms with Gasteiger partial charge in [-0.2, -0.15) is 18.3 Å². The highest BCUT2D eigenvalue weighted by atomic mass is 32.2. The van der Waals surface area contributed by atoms with Crippen LogP contribution in [-0.4, -0.2) is 47.2 Å². The van der Waals surface area contributed by atoms with Crippen molar-refractivity contribution in [1.29, 1.82) is 0 Å². The lowest BCUT2D eigenvalue weighted by molar-refractivity contribution is -0.125. The summed E-state index contributed by atoms with van der Waals surface area (Å²) in [6.07, 6.45) is -2.80. The van der Waals surface area contributed by atoms with Gasteiger partial charge in [0.2, 0.25) is 5.91 Å². The fourth-order valence-electron chi connectivity index (χ4n) is 3.52. The zero-order valence-electron chi connectivity index (χ0n) is 18.8. The van der Waals surface area contributed by atoms with Crippen molar-refractivity contribution in [3.05, 3.63) is 65.7 Å². The molecule has 9 heteroatoms. The van der Waals surface area contributed by atoms with Crippen LogP contribution in [0.2, 0.25) is 0 Å². The SMILES string of the molecule is CC.CSN1CC(C(=O)N(Cc2ccc(C3=NN=C(C(F)(F)F)C3)cc2)c2ccccc2)C1. The minimum Gasteiger partial charge on any atom is -0.308 e. The lowest BCUT2D eigenvalue weighted by Gasteiger charge is -2.39. The van der Waals surface area contributed by atoms with Crippen LogP contribution in [0.1, 0.15) is 31.4 Å². The maximum absolute atomic E-state index is 13.1. The number of benzene rings is 2. The van der Waals surface area contributed by atoms with Crippen molar-refractivity contribution >= 4 is 35.0 Å². The summed E-state index contributed by atoms with van der Waals surface area (Å²) < 4.78 is 40.5. The summed E-state index contributed by atoms with van der Waals surface area (Å²) in [7, 11) is 0. The van der Waals surface area contributed by atoms with Crippen LogP contribution in [0.25, 0.3) is 0 Å². The molecule has 1 fully saturated rings. The Morgan fingerprint density at radius 1 is 1.06 bits per heavy atom. The van der Waals surface area contributed by atoms with E-state index >= 15 is 0 Å². The Hall–Kier alpha value is -2.65. The average Bonchev–Trinajstić information content (AvgIpc) is 3.30. The molecule has 0 atom stereocenters. The molecule has 0 unspecified atom stereocenters. The molecule has 0 N–H and O–H groups in total. The van der Waals surface area contributed by atoms with Crippen molar-refractivity contribution in [2.45, 2.75) is 33.0 Å². The van der Waals surface area contributed by atoms with E-state index in [0.29, 0.717) is 17.8 Å². The molecule has 176 valence electrons. The van der Waals surface area contributed by atoms with Gasteiger partial charge in [-0.15, -0.1) is 5.10 Å². The average molecular weight is 477 g/mol. The van der Waals surface area contributed by atoms with E-state index in [4.69, 9.17) is 0 Å². The van der Waals surface area contributed by atoms with Crippen LogP contribution in [-0.2, 0) is 11.3 Å². The fourth-order valence-corrected chi connectivity index (χ4v) is 4.18. The molecule has 4 rings (SSSR count). The fraction of sp³-hybridized carbons (Fsp3) is 0.375. The Morgan fingerprint density at radius 3 is 2.24 bits per heavy atom. The van der Waals surface area contributed by atoms with Gasteiger partial charge in [-0.3, -0.25) is 4.79 Å². The van der Waals surface area contributed by atoms with E-state index < -0.39 is 11.9 Å². The largest absolute Gasteiger partial charge is 0.431 e. The van der Waals surface area contributed by atoms with Gasteiger partial charge < -0.3 is 4.90 Å². The van der Waals surface area contributed by atoms with Crippen molar-refractivity contribution in [3.8, 4) is 0 Å². The number of hydrogen-bond acceptors (Lipinski definition) is 5. The Balaban J connectivity index is 0.00000149. The summed E-state index contributed by atoms with van der Waals surface area (Å²) in [5.74, 6) is 0.0293. The van der Waals surface area contributed by atoms with Crippen molar-refractivity contribution in [3.63, 3.8) is 0 Å². The second-order valence-electron chi connectivity index (χ2n) is 7.45. The van der Waals surface area contributed by atoms with Crippen LogP contribution in [0.5, 0.6) is 0 Å². The molecule has 1 saturated heterocycles. The van der Waals surface area contributed by atoms with E-state index in [9.17, 15) is 18.0 Å². The molecular formula is C24H27F3N4OS. The highest BCUT2D eigenvalue weighted by Crippen LogP contribution is 2.28. The van der Waals surface area contributed by atoms with Gasteiger partial charge in [-0.1, -0.05) is 68.3 Å². The summed E-state index contributed by atoms with van der Waals surface area (Å²) in [5, 5.41) is 6.96. The predicted octanol–water partition coefficient (Wildman–Crippen LogP) is 5.57. The second-order valence-corrected chi connectivity index (χ2v) is 8.33. The summed E-state index contributed by atoms with van der Waals surface area (Å²) >= 11 is 1.63. The number of rotatable bonds is 6. The first kappa shape index (κ1) is 25.0. The van der Waals surface area contributed by atoms with E-state index in [0.717, 1.165) is 24.3 Å². The molecule has 2 aliphatic heterocycles. The Labute approximate surface area is 196 Å². The van der Waals surface area contributed by atoms with E-state index in [1.54, 1.807) is 29.0 Å². The monoisotopic (exact) mass is 476 g/mol. The van der Waals surface area contributed by atoms with Crippen molar-refractivity contribution in [2.75, 3.05) is 24.2 Å². The number of anilines is 1. The molecule has 0 spiro atoms. The molecule has 2 heterocycles. The lowest BCUT2D eigenvalue weighted by atomic mass is 10.00. The maximum atomic E-state index is 13.1. The minimum absolute atomic E-state index is 0.0438. The molecule has 0 aromatic heterocycles. The van der Waals surface area contributed by atoms with Gasteiger partial charge in [-0.25, -0.2) is 4.31 Å². The van der Waals surface area contributed by atoms with Crippen LogP contribution in [0.4, 0.5) is 18.9 Å². The number of halogens is 3. The number of carbonyl (C=O) groups is 1. The Kier molecular flexibility index (Phi) is 8.31. The summed E-state index contributed by atoms with van der Waals surface area (Å²) in [6, 6.07) is 16.6. The lowest BCUT2D eigenvalue weighted by Crippen LogP contribution is -2.51. The number of amides is 1. The maximum Gasteiger partial charge on any atom is 0.431 e. The molecule has 0 aliphatic carbocycles. The summed E-state index contributed by atoms with van der Waals surface area (Å²) in [4.78, 5) is 14.9. The van der Waals surface area contributed by atoms with E-state index in [2.05, 4.69) is 14.5 Å². The van der Waals surface area contributed by atoms with Crippen LogP contribution >= 0.6 is 11.9 Å². The zero-order valence-corrected chi connectivity index (χ0v) is 19.7. The molecule has 0 bridgehead atoms. The van der Waals surface area contributed by atoms with Crippen LogP contribution < -0.4 is 4.90 Å². The minimum atomic E-state index is -4.46. The van der Waals surface area contributed by atoms with Gasteiger partial charge in [0.25, 0.3) is 0 Å². The van der Waals surface area contributed by atoms with E-state index in [1.165, 1.54) is 0 Å². The molecule has 1 amide bonds. The normalized spacial score (nSPS) is 16.3. The number of alkyl halides is 3. The number of nitrogens with zero attached hydrogens (tertiary/aromatic N) is 4. The third-order valence-corrected chi connectivity index (χ3v) is 6.19. The smallest absolute Gasteiger partial charge is 0.308 e. The standard InChI is InChI=1S/C22H21F3N4OS.C2H6/c1-31-28-13-17(14-28)21(30)29(18-5-3-2-4-6-18)12-15-7-9-16(10-8-15)19-11-20(27-26-19)22(23,24)25;1-2/h2-10,17H,11-14H2,1H3;1-2H3. The number of para-hydroxylation sites is 1. The first-order valence-electron chi connectivity index (χ1n) is 10.8. The highest BCUT2D eigenvalue weighted by Gasteiger charge is 2.39. The first-order valence-corrected chi connectivity index (χ1v) is 12.0.